The molecule has 0 radical (unpaired) electrons. The zero-order valence-corrected chi connectivity index (χ0v) is 13.3. The van der Waals surface area contributed by atoms with Gasteiger partial charge in [0.15, 0.2) is 5.49 Å². The van der Waals surface area contributed by atoms with Crippen LogP contribution in [0.2, 0.25) is 0 Å². The summed E-state index contributed by atoms with van der Waals surface area (Å²) in [5, 5.41) is 19.4. The Morgan fingerprint density at radius 2 is 2.04 bits per heavy atom. The third-order valence-corrected chi connectivity index (χ3v) is 4.45. The van der Waals surface area contributed by atoms with Crippen molar-refractivity contribution in [3.63, 3.8) is 0 Å². The van der Waals surface area contributed by atoms with Crippen LogP contribution in [0.1, 0.15) is 22.1 Å². The van der Waals surface area contributed by atoms with E-state index in [1.165, 1.54) is 33.6 Å². The molecule has 2 aromatic rings. The summed E-state index contributed by atoms with van der Waals surface area (Å²) < 4.78 is 7.46. The number of carbonyl (C=O) groups excluding carboxylic acids is 2. The lowest BCUT2D eigenvalue weighted by atomic mass is 10.3. The van der Waals surface area contributed by atoms with Gasteiger partial charge in [-0.05, 0) is 19.1 Å². The Morgan fingerprint density at radius 1 is 1.38 bits per heavy atom. The highest BCUT2D eigenvalue weighted by Crippen LogP contribution is 2.30. The number of esters is 1. The molecule has 0 saturated carbocycles. The van der Waals surface area contributed by atoms with E-state index in [1.807, 2.05) is 0 Å². The van der Waals surface area contributed by atoms with Gasteiger partial charge < -0.3 is 4.74 Å². The second-order valence-electron chi connectivity index (χ2n) is 4.83. The second-order valence-corrected chi connectivity index (χ2v) is 5.79. The average molecular weight is 348 g/mol. The van der Waals surface area contributed by atoms with E-state index >= 15 is 0 Å². The van der Waals surface area contributed by atoms with Crippen molar-refractivity contribution in [2.24, 2.45) is 0 Å². The van der Waals surface area contributed by atoms with Crippen LogP contribution in [-0.4, -0.2) is 38.5 Å². The van der Waals surface area contributed by atoms with Crippen LogP contribution in [-0.2, 0) is 4.74 Å². The van der Waals surface area contributed by atoms with Crippen molar-refractivity contribution in [1.82, 2.24) is 9.36 Å². The van der Waals surface area contributed by atoms with Crippen LogP contribution < -0.4 is 5.49 Å². The van der Waals surface area contributed by atoms with Crippen molar-refractivity contribution in [1.29, 1.82) is 5.41 Å². The van der Waals surface area contributed by atoms with Crippen LogP contribution in [0.25, 0.3) is 5.69 Å². The quantitative estimate of drug-likeness (QED) is 0.509. The fourth-order valence-electron chi connectivity index (χ4n) is 2.40. The number of aromatic nitrogens is 2. The molecule has 0 amide bonds. The number of benzene rings is 1. The number of non-ortho nitro benzene ring substituents is 1. The molecule has 1 aromatic carbocycles. The molecule has 0 bridgehead atoms. The molecule has 0 atom stereocenters. The van der Waals surface area contributed by atoms with E-state index in [-0.39, 0.29) is 35.0 Å². The maximum absolute atomic E-state index is 12.2. The number of thioether (sulfide) groups is 1. The minimum Gasteiger partial charge on any atom is -0.462 e. The first-order chi connectivity index (χ1) is 11.5. The highest BCUT2D eigenvalue weighted by atomic mass is 32.2. The van der Waals surface area contributed by atoms with Gasteiger partial charge in [0.2, 0.25) is 0 Å². The lowest BCUT2D eigenvalue weighted by molar-refractivity contribution is -0.384. The highest BCUT2D eigenvalue weighted by molar-refractivity contribution is 8.00. The van der Waals surface area contributed by atoms with Gasteiger partial charge in [-0.1, -0.05) is 11.8 Å². The molecule has 1 N–H and O–H groups in total. The first-order valence-electron chi connectivity index (χ1n) is 6.96. The first-order valence-corrected chi connectivity index (χ1v) is 7.94. The molecule has 1 aromatic heterocycles. The summed E-state index contributed by atoms with van der Waals surface area (Å²) in [5.74, 6) is -0.804. The predicted octanol–water partition coefficient (Wildman–Crippen LogP) is 1.59. The maximum Gasteiger partial charge on any atom is 0.344 e. The summed E-state index contributed by atoms with van der Waals surface area (Å²) >= 11 is 1.16. The SMILES string of the molecule is CCOC(=O)c1c2n(n(-c3ccc([N+](=O)[O-])cc3)c1=N)C(=O)CS2. The number of hydrogen-bond donors (Lipinski definition) is 1. The number of nitrogens with one attached hydrogen (secondary N) is 1. The molecule has 2 heterocycles. The third kappa shape index (κ3) is 2.40. The zero-order valence-electron chi connectivity index (χ0n) is 12.5. The normalized spacial score (nSPS) is 13.0. The Labute approximate surface area is 139 Å². The molecule has 0 spiro atoms. The van der Waals surface area contributed by atoms with Crippen LogP contribution in [0.3, 0.4) is 0 Å². The minimum atomic E-state index is -0.672. The molecule has 24 heavy (non-hydrogen) atoms. The Bertz CT molecular complexity index is 912. The van der Waals surface area contributed by atoms with Gasteiger partial charge in [0.05, 0.1) is 23.0 Å². The standard InChI is InChI=1S/C14H12N4O5S/c1-2-23-14(20)11-12(15)16(17-10(19)7-24-13(11)17)8-3-5-9(6-4-8)18(21)22/h3-6,15H,2,7H2,1H3. The highest BCUT2D eigenvalue weighted by Gasteiger charge is 2.33. The summed E-state index contributed by atoms with van der Waals surface area (Å²) in [6, 6.07) is 5.40. The number of nitro groups is 1. The molecule has 0 unspecified atom stereocenters. The molecule has 10 heteroatoms. The Hall–Kier alpha value is -2.88. The van der Waals surface area contributed by atoms with Crippen molar-refractivity contribution in [2.45, 2.75) is 11.9 Å². The van der Waals surface area contributed by atoms with Gasteiger partial charge in [-0.3, -0.25) is 20.3 Å². The van der Waals surface area contributed by atoms with Crippen LogP contribution >= 0.6 is 11.8 Å². The van der Waals surface area contributed by atoms with Crippen molar-refractivity contribution in [3.05, 3.63) is 45.4 Å². The number of nitrogens with zero attached hydrogens (tertiary/aromatic N) is 3. The minimum absolute atomic E-state index is 0.0195. The van der Waals surface area contributed by atoms with E-state index in [0.29, 0.717) is 10.7 Å². The van der Waals surface area contributed by atoms with Crippen LogP contribution in [0.4, 0.5) is 5.69 Å². The van der Waals surface area contributed by atoms with Crippen LogP contribution in [0.15, 0.2) is 29.3 Å². The summed E-state index contributed by atoms with van der Waals surface area (Å²) in [4.78, 5) is 34.5. The Balaban J connectivity index is 2.20. The number of nitro benzene ring substituents is 1. The monoisotopic (exact) mass is 348 g/mol. The maximum atomic E-state index is 12.2. The van der Waals surface area contributed by atoms with Crippen molar-refractivity contribution < 1.29 is 19.2 Å². The fraction of sp³-hybridized carbons (Fsp3) is 0.214. The van der Waals surface area contributed by atoms with Crippen molar-refractivity contribution in [2.75, 3.05) is 12.4 Å². The Morgan fingerprint density at radius 3 is 2.62 bits per heavy atom. The van der Waals surface area contributed by atoms with E-state index < -0.39 is 10.9 Å². The molecular weight excluding hydrogens is 336 g/mol. The lowest BCUT2D eigenvalue weighted by Gasteiger charge is -2.08. The smallest absolute Gasteiger partial charge is 0.344 e. The predicted molar refractivity (Wildman–Crippen MR) is 83.6 cm³/mol. The number of rotatable bonds is 4. The van der Waals surface area contributed by atoms with Crippen molar-refractivity contribution in [3.8, 4) is 5.69 Å². The van der Waals surface area contributed by atoms with Gasteiger partial charge in [-0.2, -0.15) is 0 Å². The van der Waals surface area contributed by atoms with Crippen molar-refractivity contribution >= 4 is 29.3 Å². The number of hydrogen-bond acceptors (Lipinski definition) is 7. The van der Waals surface area contributed by atoms with Crippen LogP contribution in [0.5, 0.6) is 0 Å². The molecule has 9 nitrogen and oxygen atoms in total. The van der Waals surface area contributed by atoms with Gasteiger partial charge in [0.1, 0.15) is 10.6 Å². The first kappa shape index (κ1) is 16.0. The number of carbonyl (C=O) groups is 2. The molecule has 0 aliphatic carbocycles. The summed E-state index contributed by atoms with van der Waals surface area (Å²) in [5.41, 5.74) is 0.0903. The molecular formula is C14H12N4O5S. The lowest BCUT2D eigenvalue weighted by Crippen LogP contribution is -2.27. The van der Waals surface area contributed by atoms with E-state index in [4.69, 9.17) is 10.1 Å². The topological polar surface area (TPSA) is 120 Å². The van der Waals surface area contributed by atoms with E-state index in [2.05, 4.69) is 0 Å². The summed E-state index contributed by atoms with van der Waals surface area (Å²) in [7, 11) is 0. The number of ether oxygens (including phenoxy) is 1. The van der Waals surface area contributed by atoms with E-state index in [0.717, 1.165) is 11.8 Å². The van der Waals surface area contributed by atoms with Gasteiger partial charge in [-0.15, -0.1) is 0 Å². The molecule has 1 aliphatic heterocycles. The van der Waals surface area contributed by atoms with Gasteiger partial charge in [0.25, 0.3) is 11.6 Å². The largest absolute Gasteiger partial charge is 0.462 e. The van der Waals surface area contributed by atoms with Gasteiger partial charge in [0, 0.05) is 12.1 Å². The Kier molecular flexibility index (Phi) is 3.97. The van der Waals surface area contributed by atoms with E-state index in [1.54, 1.807) is 6.92 Å². The van der Waals surface area contributed by atoms with Gasteiger partial charge in [-0.25, -0.2) is 14.2 Å². The molecule has 124 valence electrons. The van der Waals surface area contributed by atoms with Crippen LogP contribution in [0, 0.1) is 15.5 Å². The second kappa shape index (κ2) is 5.96. The number of fused-ring (bicyclic) bond motifs is 1. The third-order valence-electron chi connectivity index (χ3n) is 3.41. The van der Waals surface area contributed by atoms with E-state index in [9.17, 15) is 19.7 Å². The molecule has 0 fully saturated rings. The average Bonchev–Trinajstić information content (AvgIpc) is 3.05. The molecule has 0 saturated heterocycles. The summed E-state index contributed by atoms with van der Waals surface area (Å²) in [6.45, 7) is 1.81. The molecule has 1 aliphatic rings. The summed E-state index contributed by atoms with van der Waals surface area (Å²) in [6.07, 6.45) is 0. The fourth-order valence-corrected chi connectivity index (χ4v) is 3.41. The van der Waals surface area contributed by atoms with Gasteiger partial charge >= 0.3 is 5.97 Å². The molecule has 3 rings (SSSR count). The zero-order chi connectivity index (χ0) is 17.4.